The van der Waals surface area contributed by atoms with Gasteiger partial charge in [0.1, 0.15) is 12.4 Å². The minimum atomic E-state index is -3.55. The van der Waals surface area contributed by atoms with Crippen LogP contribution in [0.5, 0.6) is 5.88 Å². The van der Waals surface area contributed by atoms with Gasteiger partial charge in [0.2, 0.25) is 11.8 Å². The minimum Gasteiger partial charge on any atom is -0.473 e. The Balaban J connectivity index is 1.34. The van der Waals surface area contributed by atoms with Crippen LogP contribution in [0.4, 0.5) is 0 Å². The Hall–Kier alpha value is -2.69. The molecule has 10 heteroatoms. The number of rotatable bonds is 11. The number of aromatic nitrogens is 1. The lowest BCUT2D eigenvalue weighted by atomic mass is 10.1. The number of carbonyl (C=O) groups excluding carboxylic acids is 1. The smallest absolute Gasteiger partial charge is 0.235 e. The highest BCUT2D eigenvalue weighted by atomic mass is 32.2. The number of ether oxygens (including phenoxy) is 1. The molecule has 2 N–H and O–H groups in total. The van der Waals surface area contributed by atoms with Crippen molar-refractivity contribution in [2.45, 2.75) is 31.2 Å². The van der Waals surface area contributed by atoms with Crippen molar-refractivity contribution < 1.29 is 27.5 Å². The first-order valence-corrected chi connectivity index (χ1v) is 12.3. The zero-order valence-electron chi connectivity index (χ0n) is 17.9. The van der Waals surface area contributed by atoms with Crippen molar-refractivity contribution in [2.24, 2.45) is 0 Å². The number of nitrogens with one attached hydrogen (secondary N) is 1. The third kappa shape index (κ3) is 8.45. The molecule has 1 aliphatic heterocycles. The molecule has 0 unspecified atom stereocenters. The van der Waals surface area contributed by atoms with Gasteiger partial charge in [-0.3, -0.25) is 9.69 Å². The second-order valence-corrected chi connectivity index (χ2v) is 9.82. The van der Waals surface area contributed by atoms with E-state index in [0.717, 1.165) is 38.0 Å². The number of pyridine rings is 1. The van der Waals surface area contributed by atoms with Crippen molar-refractivity contribution in [3.05, 3.63) is 60.2 Å². The fourth-order valence-electron chi connectivity index (χ4n) is 3.35. The predicted octanol–water partition coefficient (Wildman–Crippen LogP) is 1.30. The van der Waals surface area contributed by atoms with E-state index in [0.29, 0.717) is 11.4 Å². The molecule has 3 heterocycles. The summed E-state index contributed by atoms with van der Waals surface area (Å²) in [5.74, 6) is -0.848. The van der Waals surface area contributed by atoms with Gasteiger partial charge in [0, 0.05) is 44.0 Å². The maximum atomic E-state index is 12.0. The highest BCUT2D eigenvalue weighted by Crippen LogP contribution is 2.16. The molecule has 0 radical (unpaired) electrons. The Morgan fingerprint density at radius 1 is 1.28 bits per heavy atom. The molecular formula is C22H29N3O6S. The van der Waals surface area contributed by atoms with Crippen LogP contribution in [0.1, 0.15) is 24.0 Å². The van der Waals surface area contributed by atoms with Gasteiger partial charge in [0.15, 0.2) is 9.84 Å². The topological polar surface area (TPSA) is 122 Å². The van der Waals surface area contributed by atoms with Crippen LogP contribution in [-0.4, -0.2) is 67.4 Å². The molecule has 0 atom stereocenters. The summed E-state index contributed by atoms with van der Waals surface area (Å²) in [6.45, 7) is 3.02. The lowest BCUT2D eigenvalue weighted by Crippen LogP contribution is -2.35. The molecule has 1 amide bonds. The molecule has 174 valence electrons. The molecule has 1 saturated heterocycles. The van der Waals surface area contributed by atoms with Gasteiger partial charge in [0.05, 0.1) is 24.4 Å². The molecule has 0 bridgehead atoms. The van der Waals surface area contributed by atoms with E-state index in [1.54, 1.807) is 24.4 Å². The number of aliphatic hydroxyl groups excluding tert-OH is 1. The molecule has 1 fully saturated rings. The molecule has 0 spiro atoms. The third-order valence-electron chi connectivity index (χ3n) is 4.99. The van der Waals surface area contributed by atoms with Crippen molar-refractivity contribution in [3.63, 3.8) is 0 Å². The zero-order chi connectivity index (χ0) is 22.8. The van der Waals surface area contributed by atoms with Crippen molar-refractivity contribution >= 4 is 15.7 Å². The molecular weight excluding hydrogens is 434 g/mol. The van der Waals surface area contributed by atoms with Gasteiger partial charge < -0.3 is 19.6 Å². The summed E-state index contributed by atoms with van der Waals surface area (Å²) >= 11 is 0. The fraction of sp³-hybridized carbons (Fsp3) is 0.455. The van der Waals surface area contributed by atoms with E-state index in [2.05, 4.69) is 15.2 Å². The Morgan fingerprint density at radius 3 is 2.84 bits per heavy atom. The van der Waals surface area contributed by atoms with Crippen LogP contribution >= 0.6 is 0 Å². The summed E-state index contributed by atoms with van der Waals surface area (Å²) < 4.78 is 34.5. The number of likely N-dealkylation sites (tertiary alicyclic amines) is 1. The van der Waals surface area contributed by atoms with Crippen molar-refractivity contribution in [1.29, 1.82) is 0 Å². The molecule has 9 nitrogen and oxygen atoms in total. The molecule has 32 heavy (non-hydrogen) atoms. The Labute approximate surface area is 188 Å². The van der Waals surface area contributed by atoms with E-state index in [-0.39, 0.29) is 25.0 Å². The van der Waals surface area contributed by atoms with Gasteiger partial charge in [-0.15, -0.1) is 0 Å². The average molecular weight is 464 g/mol. The van der Waals surface area contributed by atoms with Crippen LogP contribution in [-0.2, 0) is 26.9 Å². The fourth-order valence-corrected chi connectivity index (χ4v) is 4.63. The number of nitrogens with zero attached hydrogens (tertiary/aromatic N) is 2. The molecule has 2 aromatic rings. The number of sulfone groups is 1. The van der Waals surface area contributed by atoms with Crippen molar-refractivity contribution in [2.75, 3.05) is 32.0 Å². The van der Waals surface area contributed by atoms with E-state index in [9.17, 15) is 18.3 Å². The van der Waals surface area contributed by atoms with E-state index >= 15 is 0 Å². The molecule has 2 aromatic heterocycles. The normalized spacial score (nSPS) is 15.8. The van der Waals surface area contributed by atoms with E-state index < -0.39 is 21.5 Å². The van der Waals surface area contributed by atoms with Gasteiger partial charge in [0.25, 0.3) is 0 Å². The predicted molar refractivity (Wildman–Crippen MR) is 119 cm³/mol. The van der Waals surface area contributed by atoms with E-state index in [4.69, 9.17) is 9.15 Å². The number of hydrogen-bond acceptors (Lipinski definition) is 8. The standard InChI is InChI=1S/C22H29N3O6S/c26-20-4-9-25(10-5-20)14-18-3-8-24-22(13-18)31-11-2-1-7-23-21(27)17-32(28,29)16-19-6-12-30-15-19/h1-3,6,8,12-13,15,20,26H,4-5,7,9-11,14,16-17H2,(H,23,27)/b2-1+. The Morgan fingerprint density at radius 2 is 2.09 bits per heavy atom. The van der Waals surface area contributed by atoms with Gasteiger partial charge in [-0.05, 0) is 36.6 Å². The van der Waals surface area contributed by atoms with E-state index in [1.807, 2.05) is 12.1 Å². The first-order chi connectivity index (χ1) is 15.4. The second kappa shape index (κ2) is 11.8. The van der Waals surface area contributed by atoms with Gasteiger partial charge in [-0.2, -0.15) is 0 Å². The zero-order valence-corrected chi connectivity index (χ0v) is 18.7. The Bertz CT molecular complexity index is 983. The Kier molecular flexibility index (Phi) is 8.83. The number of hydrogen-bond donors (Lipinski definition) is 2. The summed E-state index contributed by atoms with van der Waals surface area (Å²) in [7, 11) is -3.55. The second-order valence-electron chi connectivity index (χ2n) is 7.76. The van der Waals surface area contributed by atoms with Crippen LogP contribution < -0.4 is 10.1 Å². The largest absolute Gasteiger partial charge is 0.473 e. The van der Waals surface area contributed by atoms with Crippen LogP contribution in [0.3, 0.4) is 0 Å². The summed E-state index contributed by atoms with van der Waals surface area (Å²) in [5.41, 5.74) is 1.61. The highest BCUT2D eigenvalue weighted by molar-refractivity contribution is 7.91. The maximum absolute atomic E-state index is 12.0. The third-order valence-corrected chi connectivity index (χ3v) is 6.47. The van der Waals surface area contributed by atoms with Crippen LogP contribution in [0.25, 0.3) is 0 Å². The SMILES string of the molecule is O=C(CS(=O)(=O)Cc1ccoc1)NC/C=C/COc1cc(CN2CCC(O)CC2)ccn1. The molecule has 0 aromatic carbocycles. The maximum Gasteiger partial charge on any atom is 0.235 e. The van der Waals surface area contributed by atoms with Crippen LogP contribution in [0.15, 0.2) is 53.5 Å². The first-order valence-electron chi connectivity index (χ1n) is 10.5. The molecule has 0 aliphatic carbocycles. The number of piperidine rings is 1. The first kappa shape index (κ1) is 24.0. The minimum absolute atomic E-state index is 0.189. The quantitative estimate of drug-likeness (QED) is 0.478. The van der Waals surface area contributed by atoms with Crippen molar-refractivity contribution in [1.82, 2.24) is 15.2 Å². The number of aliphatic hydroxyl groups is 1. The summed E-state index contributed by atoms with van der Waals surface area (Å²) in [6, 6.07) is 5.40. The van der Waals surface area contributed by atoms with E-state index in [1.165, 1.54) is 12.5 Å². The summed E-state index contributed by atoms with van der Waals surface area (Å²) in [4.78, 5) is 18.4. The number of amides is 1. The lowest BCUT2D eigenvalue weighted by Gasteiger charge is -2.29. The summed E-state index contributed by atoms with van der Waals surface area (Å²) in [6.07, 6.45) is 9.29. The van der Waals surface area contributed by atoms with Gasteiger partial charge in [-0.25, -0.2) is 13.4 Å². The molecule has 3 rings (SSSR count). The molecule has 1 aliphatic rings. The number of carbonyl (C=O) groups is 1. The monoisotopic (exact) mass is 463 g/mol. The van der Waals surface area contributed by atoms with Gasteiger partial charge in [-0.1, -0.05) is 6.08 Å². The van der Waals surface area contributed by atoms with Crippen LogP contribution in [0.2, 0.25) is 0 Å². The van der Waals surface area contributed by atoms with Gasteiger partial charge >= 0.3 is 0 Å². The highest BCUT2D eigenvalue weighted by Gasteiger charge is 2.18. The average Bonchev–Trinajstić information content (AvgIpc) is 3.24. The number of furan rings is 1. The lowest BCUT2D eigenvalue weighted by molar-refractivity contribution is -0.118. The van der Waals surface area contributed by atoms with Crippen molar-refractivity contribution in [3.8, 4) is 5.88 Å². The molecule has 0 saturated carbocycles. The summed E-state index contributed by atoms with van der Waals surface area (Å²) in [5, 5.41) is 12.2. The van der Waals surface area contributed by atoms with Crippen LogP contribution in [0, 0.1) is 0 Å².